The molecule has 2 aromatic rings. The SMILES string of the molecule is O=S(=O)(Cc1csc(Cl)n1)c1n[nH]c(C2CC2)n1. The minimum Gasteiger partial charge on any atom is -0.262 e. The molecule has 2 heterocycles. The first-order chi connectivity index (χ1) is 8.54. The van der Waals surface area contributed by atoms with Gasteiger partial charge in [0.1, 0.15) is 11.6 Å². The monoisotopic (exact) mass is 304 g/mol. The molecular weight excluding hydrogens is 296 g/mol. The van der Waals surface area contributed by atoms with E-state index in [-0.39, 0.29) is 10.9 Å². The summed E-state index contributed by atoms with van der Waals surface area (Å²) in [4.78, 5) is 7.95. The molecule has 0 unspecified atom stereocenters. The highest BCUT2D eigenvalue weighted by Crippen LogP contribution is 2.38. The van der Waals surface area contributed by atoms with Crippen LogP contribution in [0, 0.1) is 0 Å². The Hall–Kier alpha value is -0.990. The average Bonchev–Trinajstić information content (AvgIpc) is 2.88. The Balaban J connectivity index is 1.84. The van der Waals surface area contributed by atoms with E-state index in [9.17, 15) is 8.42 Å². The van der Waals surface area contributed by atoms with Gasteiger partial charge in [0.15, 0.2) is 4.47 Å². The maximum Gasteiger partial charge on any atom is 0.267 e. The Morgan fingerprint density at radius 3 is 2.83 bits per heavy atom. The second-order valence-corrected chi connectivity index (χ2v) is 7.45. The van der Waals surface area contributed by atoms with Crippen molar-refractivity contribution in [1.29, 1.82) is 0 Å². The zero-order valence-corrected chi connectivity index (χ0v) is 11.5. The summed E-state index contributed by atoms with van der Waals surface area (Å²) in [5.74, 6) is 0.776. The van der Waals surface area contributed by atoms with Crippen molar-refractivity contribution >= 4 is 32.8 Å². The third-order valence-electron chi connectivity index (χ3n) is 2.59. The largest absolute Gasteiger partial charge is 0.267 e. The number of hydrogen-bond donors (Lipinski definition) is 1. The first-order valence-electron chi connectivity index (χ1n) is 5.29. The molecule has 0 spiro atoms. The number of aromatic amines is 1. The number of hydrogen-bond acceptors (Lipinski definition) is 6. The summed E-state index contributed by atoms with van der Waals surface area (Å²) in [7, 11) is -3.55. The molecule has 96 valence electrons. The summed E-state index contributed by atoms with van der Waals surface area (Å²) in [6.07, 6.45) is 2.08. The highest BCUT2D eigenvalue weighted by atomic mass is 35.5. The zero-order valence-electron chi connectivity index (χ0n) is 9.13. The molecule has 0 amide bonds. The van der Waals surface area contributed by atoms with E-state index in [4.69, 9.17) is 11.6 Å². The van der Waals surface area contributed by atoms with E-state index < -0.39 is 9.84 Å². The van der Waals surface area contributed by atoms with Gasteiger partial charge in [0.2, 0.25) is 9.84 Å². The van der Waals surface area contributed by atoms with E-state index in [0.717, 1.165) is 12.8 Å². The van der Waals surface area contributed by atoms with Gasteiger partial charge in [0, 0.05) is 11.3 Å². The number of sulfone groups is 1. The Morgan fingerprint density at radius 1 is 1.44 bits per heavy atom. The van der Waals surface area contributed by atoms with Crippen molar-refractivity contribution in [2.45, 2.75) is 29.7 Å². The fourth-order valence-corrected chi connectivity index (χ4v) is 3.52. The number of rotatable bonds is 4. The number of thiazole rings is 1. The summed E-state index contributed by atoms with van der Waals surface area (Å²) in [6.45, 7) is 0. The van der Waals surface area contributed by atoms with Crippen molar-refractivity contribution in [3.8, 4) is 0 Å². The molecule has 0 aliphatic heterocycles. The summed E-state index contributed by atoms with van der Waals surface area (Å²) in [5.41, 5.74) is 0.419. The lowest BCUT2D eigenvalue weighted by Crippen LogP contribution is -2.07. The van der Waals surface area contributed by atoms with Crippen LogP contribution < -0.4 is 0 Å². The average molecular weight is 305 g/mol. The quantitative estimate of drug-likeness (QED) is 0.930. The van der Waals surface area contributed by atoms with E-state index in [0.29, 0.717) is 21.9 Å². The minimum atomic E-state index is -3.55. The van der Waals surface area contributed by atoms with Crippen LogP contribution in [-0.4, -0.2) is 28.6 Å². The minimum absolute atomic E-state index is 0.159. The summed E-state index contributed by atoms with van der Waals surface area (Å²) in [6, 6.07) is 0. The Bertz CT molecular complexity index is 674. The molecule has 0 aromatic carbocycles. The molecule has 1 saturated carbocycles. The number of nitrogens with one attached hydrogen (secondary N) is 1. The molecule has 3 rings (SSSR count). The van der Waals surface area contributed by atoms with Gasteiger partial charge in [-0.15, -0.1) is 16.4 Å². The predicted octanol–water partition coefficient (Wildman–Crippen LogP) is 1.77. The molecule has 9 heteroatoms. The number of aromatic nitrogens is 4. The van der Waals surface area contributed by atoms with Crippen LogP contribution in [0.25, 0.3) is 0 Å². The van der Waals surface area contributed by atoms with Crippen molar-refractivity contribution in [3.63, 3.8) is 0 Å². The van der Waals surface area contributed by atoms with Gasteiger partial charge in [-0.3, -0.25) is 5.10 Å². The van der Waals surface area contributed by atoms with Crippen molar-refractivity contribution < 1.29 is 8.42 Å². The lowest BCUT2D eigenvalue weighted by Gasteiger charge is -1.95. The van der Waals surface area contributed by atoms with Gasteiger partial charge in [-0.2, -0.15) is 0 Å². The first kappa shape index (κ1) is 12.1. The smallest absolute Gasteiger partial charge is 0.262 e. The van der Waals surface area contributed by atoms with E-state index in [1.165, 1.54) is 11.3 Å². The van der Waals surface area contributed by atoms with Gasteiger partial charge in [-0.05, 0) is 12.8 Å². The molecule has 0 atom stereocenters. The second kappa shape index (κ2) is 4.29. The van der Waals surface area contributed by atoms with E-state index in [1.54, 1.807) is 5.38 Å². The van der Waals surface area contributed by atoms with E-state index in [2.05, 4.69) is 20.2 Å². The highest BCUT2D eigenvalue weighted by Gasteiger charge is 2.30. The lowest BCUT2D eigenvalue weighted by atomic mass is 10.4. The molecule has 0 bridgehead atoms. The summed E-state index contributed by atoms with van der Waals surface area (Å²) in [5, 5.41) is 7.91. The fraction of sp³-hybridized carbons (Fsp3) is 0.444. The Labute approximate surface area is 112 Å². The Morgan fingerprint density at radius 2 is 2.22 bits per heavy atom. The van der Waals surface area contributed by atoms with Crippen LogP contribution in [0.2, 0.25) is 4.47 Å². The van der Waals surface area contributed by atoms with Crippen molar-refractivity contribution in [3.05, 3.63) is 21.4 Å². The molecule has 1 aliphatic rings. The summed E-state index contributed by atoms with van der Waals surface area (Å²) < 4.78 is 24.4. The number of H-pyrrole nitrogens is 1. The van der Waals surface area contributed by atoms with Gasteiger partial charge in [-0.1, -0.05) is 11.6 Å². The molecule has 1 aliphatic carbocycles. The van der Waals surface area contributed by atoms with Gasteiger partial charge in [-0.25, -0.2) is 18.4 Å². The number of nitrogens with zero attached hydrogens (tertiary/aromatic N) is 3. The van der Waals surface area contributed by atoms with Crippen LogP contribution in [0.1, 0.15) is 30.3 Å². The first-order valence-corrected chi connectivity index (χ1v) is 8.20. The Kier molecular flexibility index (Phi) is 2.87. The standard InChI is InChI=1S/C9H9ClN4O2S2/c10-8-11-6(3-17-8)4-18(15,16)9-12-7(13-14-9)5-1-2-5/h3,5H,1-2,4H2,(H,12,13,14). The van der Waals surface area contributed by atoms with Crippen LogP contribution in [0.5, 0.6) is 0 Å². The van der Waals surface area contributed by atoms with Crippen LogP contribution in [0.3, 0.4) is 0 Å². The number of halogens is 1. The third-order valence-corrected chi connectivity index (χ3v) is 5.03. The van der Waals surface area contributed by atoms with Gasteiger partial charge < -0.3 is 0 Å². The topological polar surface area (TPSA) is 88.6 Å². The molecule has 1 fully saturated rings. The maximum atomic E-state index is 12.0. The van der Waals surface area contributed by atoms with Crippen LogP contribution >= 0.6 is 22.9 Å². The molecule has 18 heavy (non-hydrogen) atoms. The van der Waals surface area contributed by atoms with Crippen LogP contribution in [-0.2, 0) is 15.6 Å². The molecule has 6 nitrogen and oxygen atoms in total. The molecule has 1 N–H and O–H groups in total. The summed E-state index contributed by atoms with van der Waals surface area (Å²) >= 11 is 6.87. The van der Waals surface area contributed by atoms with E-state index in [1.807, 2.05) is 0 Å². The third kappa shape index (κ3) is 2.40. The van der Waals surface area contributed by atoms with Gasteiger partial charge in [0.25, 0.3) is 5.16 Å². The molecule has 2 aromatic heterocycles. The molecule has 0 radical (unpaired) electrons. The van der Waals surface area contributed by atoms with Crippen molar-refractivity contribution in [2.75, 3.05) is 0 Å². The molecule has 0 saturated heterocycles. The maximum absolute atomic E-state index is 12.0. The normalized spacial score (nSPS) is 16.1. The van der Waals surface area contributed by atoms with Crippen LogP contribution in [0.15, 0.2) is 10.5 Å². The fourth-order valence-electron chi connectivity index (χ4n) is 1.54. The van der Waals surface area contributed by atoms with Crippen molar-refractivity contribution in [2.24, 2.45) is 0 Å². The zero-order chi connectivity index (χ0) is 12.8. The lowest BCUT2D eigenvalue weighted by molar-refractivity contribution is 0.586. The predicted molar refractivity (Wildman–Crippen MR) is 66.4 cm³/mol. The highest BCUT2D eigenvalue weighted by molar-refractivity contribution is 7.90. The van der Waals surface area contributed by atoms with Gasteiger partial charge in [0.05, 0.1) is 5.69 Å². The van der Waals surface area contributed by atoms with Crippen molar-refractivity contribution in [1.82, 2.24) is 20.2 Å². The van der Waals surface area contributed by atoms with E-state index >= 15 is 0 Å². The second-order valence-electron chi connectivity index (χ2n) is 4.13. The van der Waals surface area contributed by atoms with Gasteiger partial charge >= 0.3 is 0 Å². The molecular formula is C9H9ClN4O2S2. The van der Waals surface area contributed by atoms with Crippen LogP contribution in [0.4, 0.5) is 0 Å².